The first-order valence-corrected chi connectivity index (χ1v) is 17.9. The number of hydrogen-bond donors (Lipinski definition) is 2. The second-order valence-electron chi connectivity index (χ2n) is 11.7. The molecule has 2 N–H and O–H groups in total. The lowest BCUT2D eigenvalue weighted by molar-refractivity contribution is -0.134. The molecule has 2 heterocycles. The first-order valence-electron chi connectivity index (χ1n) is 14.8. The lowest BCUT2D eigenvalue weighted by Gasteiger charge is -2.38. The number of alkyl halides is 3. The second-order valence-corrected chi connectivity index (χ2v) is 15.7. The summed E-state index contributed by atoms with van der Waals surface area (Å²) in [5.74, 6) is -0.453. The van der Waals surface area contributed by atoms with Gasteiger partial charge in [0.25, 0.3) is 0 Å². The van der Waals surface area contributed by atoms with E-state index in [-0.39, 0.29) is 34.7 Å². The quantitative estimate of drug-likeness (QED) is 0.293. The van der Waals surface area contributed by atoms with Gasteiger partial charge in [0.05, 0.1) is 27.8 Å². The highest BCUT2D eigenvalue weighted by molar-refractivity contribution is 7.91. The summed E-state index contributed by atoms with van der Waals surface area (Å²) in [5.41, 5.74) is -0.444. The largest absolute Gasteiger partial charge is 0.491 e. The molecule has 2 aliphatic rings. The average Bonchev–Trinajstić information content (AvgIpc) is 3.40. The minimum Gasteiger partial charge on any atom is -0.491 e. The van der Waals surface area contributed by atoms with Gasteiger partial charge in [-0.3, -0.25) is 0 Å². The van der Waals surface area contributed by atoms with Gasteiger partial charge in [-0.15, -0.1) is 0 Å². The summed E-state index contributed by atoms with van der Waals surface area (Å²) >= 11 is 0. The fraction of sp³-hybridized carbons (Fsp3) is 0.484. The normalized spacial score (nSPS) is 20.0. The number of piperidine rings is 1. The third-order valence-corrected chi connectivity index (χ3v) is 12.0. The molecule has 0 radical (unpaired) electrons. The van der Waals surface area contributed by atoms with Crippen LogP contribution in [-0.4, -0.2) is 88.8 Å². The van der Waals surface area contributed by atoms with Crippen molar-refractivity contribution in [2.75, 3.05) is 38.6 Å². The maximum atomic E-state index is 13.3. The summed E-state index contributed by atoms with van der Waals surface area (Å²) in [4.78, 5) is 0.133. The van der Waals surface area contributed by atoms with Crippen molar-refractivity contribution in [3.05, 3.63) is 66.7 Å². The predicted octanol–water partition coefficient (Wildman–Crippen LogP) is 4.30. The lowest BCUT2D eigenvalue weighted by atomic mass is 9.88. The van der Waals surface area contributed by atoms with E-state index >= 15 is 0 Å². The minimum absolute atomic E-state index is 0.0477. The molecule has 3 aromatic rings. The van der Waals surface area contributed by atoms with Crippen LogP contribution in [0.5, 0.6) is 5.75 Å². The van der Waals surface area contributed by atoms with Crippen LogP contribution in [0.2, 0.25) is 0 Å². The van der Waals surface area contributed by atoms with E-state index in [1.54, 1.807) is 12.1 Å². The van der Waals surface area contributed by atoms with E-state index in [1.165, 1.54) is 28.6 Å². The summed E-state index contributed by atoms with van der Waals surface area (Å²) in [6.07, 6.45) is -5.29. The maximum Gasteiger partial charge on any atom is 0.389 e. The number of aliphatic hydroxyl groups is 1. The summed E-state index contributed by atoms with van der Waals surface area (Å²) in [6.45, 7) is 1.15. The SMILES string of the molecule is O=S(=O)(CCCC(F)(F)F)c1cccc(OCC(O)CNC2COC3(CCN(S(=O)(=O)c4ccc5ccccc5c4)CC3)C2)c1. The van der Waals surface area contributed by atoms with Crippen molar-refractivity contribution >= 4 is 30.6 Å². The van der Waals surface area contributed by atoms with Crippen LogP contribution >= 0.6 is 0 Å². The number of sulfone groups is 1. The Labute approximate surface area is 261 Å². The lowest BCUT2D eigenvalue weighted by Crippen LogP contribution is -2.47. The summed E-state index contributed by atoms with van der Waals surface area (Å²) in [7, 11) is -7.56. The van der Waals surface area contributed by atoms with Crippen LogP contribution in [0.4, 0.5) is 13.2 Å². The minimum atomic E-state index is -4.42. The van der Waals surface area contributed by atoms with Crippen molar-refractivity contribution in [3.8, 4) is 5.75 Å². The van der Waals surface area contributed by atoms with Crippen LogP contribution in [0.3, 0.4) is 0 Å². The molecule has 0 aliphatic carbocycles. The van der Waals surface area contributed by atoms with Crippen LogP contribution < -0.4 is 10.1 Å². The number of benzene rings is 3. The predicted molar refractivity (Wildman–Crippen MR) is 162 cm³/mol. The zero-order chi connectivity index (χ0) is 32.3. The van der Waals surface area contributed by atoms with E-state index < -0.39 is 56.3 Å². The van der Waals surface area contributed by atoms with Crippen molar-refractivity contribution < 1.29 is 44.6 Å². The third kappa shape index (κ3) is 8.54. The molecule has 246 valence electrons. The van der Waals surface area contributed by atoms with Gasteiger partial charge in [0, 0.05) is 32.1 Å². The van der Waals surface area contributed by atoms with Gasteiger partial charge >= 0.3 is 6.18 Å². The van der Waals surface area contributed by atoms with Crippen molar-refractivity contribution in [2.45, 2.75) is 65.8 Å². The van der Waals surface area contributed by atoms with Gasteiger partial charge in [0.1, 0.15) is 18.5 Å². The summed E-state index contributed by atoms with van der Waals surface area (Å²) < 4.78 is 102. The smallest absolute Gasteiger partial charge is 0.389 e. The highest BCUT2D eigenvalue weighted by atomic mass is 32.2. The van der Waals surface area contributed by atoms with Gasteiger partial charge in [0.2, 0.25) is 10.0 Å². The number of rotatable bonds is 12. The molecule has 14 heteroatoms. The highest BCUT2D eigenvalue weighted by Crippen LogP contribution is 2.37. The van der Waals surface area contributed by atoms with Gasteiger partial charge in [-0.25, -0.2) is 16.8 Å². The Morgan fingerprint density at radius 3 is 2.44 bits per heavy atom. The second kappa shape index (κ2) is 13.5. The van der Waals surface area contributed by atoms with Gasteiger partial charge < -0.3 is 19.9 Å². The zero-order valence-corrected chi connectivity index (χ0v) is 26.2. The maximum absolute atomic E-state index is 13.3. The molecule has 9 nitrogen and oxygen atoms in total. The molecule has 2 saturated heterocycles. The zero-order valence-electron chi connectivity index (χ0n) is 24.6. The molecule has 45 heavy (non-hydrogen) atoms. The molecule has 0 saturated carbocycles. The number of hydrogen-bond acceptors (Lipinski definition) is 8. The topological polar surface area (TPSA) is 122 Å². The summed E-state index contributed by atoms with van der Waals surface area (Å²) in [6, 6.07) is 18.2. The van der Waals surface area contributed by atoms with Crippen molar-refractivity contribution in [2.24, 2.45) is 0 Å². The third-order valence-electron chi connectivity index (χ3n) is 8.32. The molecule has 0 amide bonds. The molecule has 2 atom stereocenters. The number of fused-ring (bicyclic) bond motifs is 1. The first kappa shape index (κ1) is 33.6. The number of ether oxygens (including phenoxy) is 2. The Morgan fingerprint density at radius 2 is 1.71 bits per heavy atom. The Hall–Kier alpha value is -2.75. The number of aliphatic hydroxyl groups excluding tert-OH is 1. The fourth-order valence-corrected chi connectivity index (χ4v) is 8.65. The molecule has 0 bridgehead atoms. The number of halogens is 3. The number of nitrogens with zero attached hydrogens (tertiary/aromatic N) is 1. The molecular weight excluding hydrogens is 633 g/mol. The van der Waals surface area contributed by atoms with Crippen LogP contribution in [0.1, 0.15) is 32.1 Å². The molecular formula is C31H37F3N2O7S2. The number of sulfonamides is 1. The van der Waals surface area contributed by atoms with Crippen LogP contribution in [-0.2, 0) is 24.6 Å². The van der Waals surface area contributed by atoms with E-state index in [4.69, 9.17) is 9.47 Å². The van der Waals surface area contributed by atoms with Gasteiger partial charge in [0.15, 0.2) is 9.84 Å². The van der Waals surface area contributed by atoms with Crippen LogP contribution in [0, 0.1) is 0 Å². The summed E-state index contributed by atoms with van der Waals surface area (Å²) in [5, 5.41) is 15.6. The molecule has 2 fully saturated rings. The number of nitrogens with one attached hydrogen (secondary N) is 1. The van der Waals surface area contributed by atoms with E-state index in [9.17, 15) is 35.1 Å². The van der Waals surface area contributed by atoms with Gasteiger partial charge in [-0.05, 0) is 66.8 Å². The van der Waals surface area contributed by atoms with Crippen LogP contribution in [0.15, 0.2) is 76.5 Å². The standard InChI is InChI=1S/C31H37F3N2O7S2/c32-31(33,34)11-4-16-44(38,39)28-8-3-7-27(18-28)42-22-26(37)20-35-25-19-30(43-21-25)12-14-36(15-13-30)45(40,41)29-10-9-23-5-1-2-6-24(23)17-29/h1-3,5-10,17-18,25-26,35,37H,4,11-16,19-22H2. The Kier molecular flexibility index (Phi) is 10.1. The van der Waals surface area contributed by atoms with Crippen molar-refractivity contribution in [1.82, 2.24) is 9.62 Å². The molecule has 5 rings (SSSR count). The fourth-order valence-electron chi connectivity index (χ4n) is 5.83. The van der Waals surface area contributed by atoms with Gasteiger partial charge in [-0.2, -0.15) is 17.5 Å². The Bertz CT molecular complexity index is 1690. The first-order chi connectivity index (χ1) is 21.2. The molecule has 2 aliphatic heterocycles. The van der Waals surface area contributed by atoms with E-state index in [0.29, 0.717) is 39.0 Å². The van der Waals surface area contributed by atoms with E-state index in [2.05, 4.69) is 5.32 Å². The van der Waals surface area contributed by atoms with Gasteiger partial charge in [-0.1, -0.05) is 36.4 Å². The van der Waals surface area contributed by atoms with Crippen molar-refractivity contribution in [1.29, 1.82) is 0 Å². The molecule has 1 spiro atoms. The average molecular weight is 671 g/mol. The molecule has 3 aromatic carbocycles. The highest BCUT2D eigenvalue weighted by Gasteiger charge is 2.44. The molecule has 0 aromatic heterocycles. The Morgan fingerprint density at radius 1 is 0.978 bits per heavy atom. The Balaban J connectivity index is 1.06. The van der Waals surface area contributed by atoms with E-state index in [0.717, 1.165) is 10.8 Å². The van der Waals surface area contributed by atoms with Crippen LogP contribution in [0.25, 0.3) is 10.8 Å². The monoisotopic (exact) mass is 670 g/mol. The van der Waals surface area contributed by atoms with Crippen molar-refractivity contribution in [3.63, 3.8) is 0 Å². The molecule has 2 unspecified atom stereocenters. The van der Waals surface area contributed by atoms with E-state index in [1.807, 2.05) is 30.3 Å².